The average Bonchev–Trinajstić information content (AvgIpc) is 2.66. The van der Waals surface area contributed by atoms with Gasteiger partial charge in [0.05, 0.1) is 0 Å². The molecule has 0 radical (unpaired) electrons. The van der Waals surface area contributed by atoms with Crippen molar-refractivity contribution >= 4 is 17.7 Å². The fraction of sp³-hybridized carbons (Fsp3) is 0.607. The van der Waals surface area contributed by atoms with Crippen molar-refractivity contribution in [2.75, 3.05) is 5.75 Å². The maximum atomic E-state index is 11.7. The Labute approximate surface area is 200 Å². The fourth-order valence-corrected chi connectivity index (χ4v) is 5.41. The highest BCUT2D eigenvalue weighted by atomic mass is 32.2. The van der Waals surface area contributed by atoms with Gasteiger partial charge >= 0.3 is 5.97 Å². The Balaban J connectivity index is 2.91. The van der Waals surface area contributed by atoms with E-state index in [2.05, 4.69) is 53.7 Å². The van der Waals surface area contributed by atoms with Gasteiger partial charge in [-0.3, -0.25) is 4.79 Å². The predicted molar refractivity (Wildman–Crippen MR) is 140 cm³/mol. The Hall–Kier alpha value is -1.68. The lowest BCUT2D eigenvalue weighted by atomic mass is 9.95. The molecule has 4 heteroatoms. The molecule has 0 bridgehead atoms. The first-order valence-electron chi connectivity index (χ1n) is 12.0. The molecule has 0 saturated carbocycles. The van der Waals surface area contributed by atoms with Gasteiger partial charge in [0.1, 0.15) is 11.5 Å². The van der Waals surface area contributed by atoms with Crippen LogP contribution >= 0.6 is 11.8 Å². The van der Waals surface area contributed by atoms with Crippen LogP contribution in [0.15, 0.2) is 41.5 Å². The standard InChI is InChI=1S/C28H44O3S/c1-20(2)11-8-13-22(5)17-18-32-27(19-23(6)14-9-12-21(3)4)28-25(30)15-10-16-26(28)31-24(7)29/h10-12,15-16,22-23,27,30H,8-9,13-14,17-19H2,1-7H3. The summed E-state index contributed by atoms with van der Waals surface area (Å²) in [6, 6.07) is 5.23. The first kappa shape index (κ1) is 28.4. The Morgan fingerprint density at radius 2 is 1.56 bits per heavy atom. The number of carbonyl (C=O) groups is 1. The summed E-state index contributed by atoms with van der Waals surface area (Å²) in [4.78, 5) is 11.7. The molecule has 0 spiro atoms. The van der Waals surface area contributed by atoms with Gasteiger partial charge in [0.2, 0.25) is 0 Å². The van der Waals surface area contributed by atoms with Crippen molar-refractivity contribution in [2.45, 2.75) is 92.2 Å². The number of phenols is 1. The van der Waals surface area contributed by atoms with Crippen molar-refractivity contribution in [1.29, 1.82) is 0 Å². The number of esters is 1. The van der Waals surface area contributed by atoms with Crippen LogP contribution in [0.25, 0.3) is 0 Å². The molecule has 3 nitrogen and oxygen atoms in total. The van der Waals surface area contributed by atoms with Gasteiger partial charge in [-0.05, 0) is 95.9 Å². The highest BCUT2D eigenvalue weighted by Gasteiger charge is 2.24. The first-order valence-corrected chi connectivity index (χ1v) is 13.0. The van der Waals surface area contributed by atoms with Crippen LogP contribution in [-0.2, 0) is 4.79 Å². The van der Waals surface area contributed by atoms with E-state index in [0.717, 1.165) is 43.4 Å². The molecule has 0 aliphatic carbocycles. The average molecular weight is 461 g/mol. The summed E-state index contributed by atoms with van der Waals surface area (Å²) in [6.07, 6.45) is 11.2. The van der Waals surface area contributed by atoms with Gasteiger partial charge in [-0.15, -0.1) is 0 Å². The minimum absolute atomic E-state index is 0.0947. The SMILES string of the molecule is CC(=O)Oc1cccc(O)c1C(CC(C)CCC=C(C)C)SCCC(C)CCC=C(C)C. The third-order valence-electron chi connectivity index (χ3n) is 5.59. The highest BCUT2D eigenvalue weighted by Crippen LogP contribution is 2.45. The zero-order chi connectivity index (χ0) is 24.1. The fourth-order valence-electron chi connectivity index (χ4n) is 3.72. The van der Waals surface area contributed by atoms with Crippen LogP contribution in [-0.4, -0.2) is 16.8 Å². The molecule has 0 amide bonds. The molecule has 3 atom stereocenters. The summed E-state index contributed by atoms with van der Waals surface area (Å²) in [7, 11) is 0. The molecule has 1 aromatic rings. The van der Waals surface area contributed by atoms with Crippen LogP contribution in [0.5, 0.6) is 11.5 Å². The van der Waals surface area contributed by atoms with Crippen molar-refractivity contribution in [1.82, 2.24) is 0 Å². The number of ether oxygens (including phenoxy) is 1. The van der Waals surface area contributed by atoms with E-state index in [1.165, 1.54) is 24.5 Å². The molecule has 1 rings (SSSR count). The second-order valence-electron chi connectivity index (χ2n) is 9.59. The van der Waals surface area contributed by atoms with E-state index in [1.54, 1.807) is 18.2 Å². The summed E-state index contributed by atoms with van der Waals surface area (Å²) < 4.78 is 5.48. The van der Waals surface area contributed by atoms with Crippen molar-refractivity contribution < 1.29 is 14.6 Å². The molecule has 0 fully saturated rings. The van der Waals surface area contributed by atoms with Gasteiger partial charge < -0.3 is 9.84 Å². The van der Waals surface area contributed by atoms with Crippen molar-refractivity contribution in [3.63, 3.8) is 0 Å². The van der Waals surface area contributed by atoms with E-state index in [1.807, 2.05) is 11.8 Å². The largest absolute Gasteiger partial charge is 0.507 e. The number of thioether (sulfide) groups is 1. The maximum absolute atomic E-state index is 11.7. The number of aromatic hydroxyl groups is 1. The summed E-state index contributed by atoms with van der Waals surface area (Å²) in [5, 5.41) is 10.8. The minimum atomic E-state index is -0.356. The molecule has 32 heavy (non-hydrogen) atoms. The molecule has 180 valence electrons. The van der Waals surface area contributed by atoms with Crippen LogP contribution in [0, 0.1) is 11.8 Å². The number of benzene rings is 1. The van der Waals surface area contributed by atoms with E-state index in [9.17, 15) is 9.90 Å². The summed E-state index contributed by atoms with van der Waals surface area (Å²) in [5.41, 5.74) is 3.49. The van der Waals surface area contributed by atoms with E-state index < -0.39 is 0 Å². The number of rotatable bonds is 14. The Bertz CT molecular complexity index is 758. The molecule has 0 saturated heterocycles. The second kappa shape index (κ2) is 15.2. The van der Waals surface area contributed by atoms with Gasteiger partial charge in [-0.2, -0.15) is 11.8 Å². The molecular weight excluding hydrogens is 416 g/mol. The van der Waals surface area contributed by atoms with E-state index in [4.69, 9.17) is 4.74 Å². The molecule has 3 unspecified atom stereocenters. The quantitative estimate of drug-likeness (QED) is 0.171. The summed E-state index contributed by atoms with van der Waals surface area (Å²) in [5.74, 6) is 2.53. The minimum Gasteiger partial charge on any atom is -0.507 e. The van der Waals surface area contributed by atoms with Crippen LogP contribution in [0.1, 0.15) is 97.8 Å². The van der Waals surface area contributed by atoms with E-state index in [-0.39, 0.29) is 17.0 Å². The zero-order valence-electron chi connectivity index (χ0n) is 21.2. The Kier molecular flexibility index (Phi) is 13.5. The monoisotopic (exact) mass is 460 g/mol. The molecule has 1 aromatic carbocycles. The second-order valence-corrected chi connectivity index (χ2v) is 10.9. The van der Waals surface area contributed by atoms with E-state index in [0.29, 0.717) is 17.6 Å². The molecule has 0 aliphatic heterocycles. The van der Waals surface area contributed by atoms with Gasteiger partial charge in [0.15, 0.2) is 0 Å². The Morgan fingerprint density at radius 1 is 0.969 bits per heavy atom. The number of carbonyl (C=O) groups excluding carboxylic acids is 1. The summed E-state index contributed by atoms with van der Waals surface area (Å²) in [6.45, 7) is 14.6. The normalized spacial score (nSPS) is 13.7. The van der Waals surface area contributed by atoms with Crippen LogP contribution in [0.3, 0.4) is 0 Å². The van der Waals surface area contributed by atoms with Crippen molar-refractivity contribution in [2.24, 2.45) is 11.8 Å². The third-order valence-corrected chi connectivity index (χ3v) is 6.89. The lowest BCUT2D eigenvalue weighted by molar-refractivity contribution is -0.131. The van der Waals surface area contributed by atoms with Crippen molar-refractivity contribution in [3.8, 4) is 11.5 Å². The molecule has 1 N–H and O–H groups in total. The first-order chi connectivity index (χ1) is 15.1. The zero-order valence-corrected chi connectivity index (χ0v) is 22.1. The number of allylic oxidation sites excluding steroid dienone is 4. The molecular formula is C28H44O3S. The smallest absolute Gasteiger partial charge is 0.308 e. The van der Waals surface area contributed by atoms with Gasteiger partial charge in [-0.1, -0.05) is 43.2 Å². The highest BCUT2D eigenvalue weighted by molar-refractivity contribution is 7.99. The predicted octanol–water partition coefficient (Wildman–Crippen LogP) is 8.64. The summed E-state index contributed by atoms with van der Waals surface area (Å²) >= 11 is 1.88. The molecule has 0 aliphatic rings. The molecule has 0 heterocycles. The molecule has 0 aromatic heterocycles. The number of phenolic OH excluding ortho intramolecular Hbond substituents is 1. The van der Waals surface area contributed by atoms with Crippen LogP contribution in [0.2, 0.25) is 0 Å². The van der Waals surface area contributed by atoms with Gasteiger partial charge in [0.25, 0.3) is 0 Å². The van der Waals surface area contributed by atoms with Gasteiger partial charge in [-0.25, -0.2) is 0 Å². The van der Waals surface area contributed by atoms with Crippen LogP contribution in [0.4, 0.5) is 0 Å². The van der Waals surface area contributed by atoms with Gasteiger partial charge in [0, 0.05) is 17.7 Å². The topological polar surface area (TPSA) is 46.5 Å². The maximum Gasteiger partial charge on any atom is 0.308 e. The van der Waals surface area contributed by atoms with E-state index >= 15 is 0 Å². The van der Waals surface area contributed by atoms with Crippen molar-refractivity contribution in [3.05, 3.63) is 47.1 Å². The lowest BCUT2D eigenvalue weighted by Gasteiger charge is -2.24. The Morgan fingerprint density at radius 3 is 2.12 bits per heavy atom. The number of hydrogen-bond donors (Lipinski definition) is 1. The third kappa shape index (κ3) is 11.8. The number of hydrogen-bond acceptors (Lipinski definition) is 4. The lowest BCUT2D eigenvalue weighted by Crippen LogP contribution is -2.09. The van der Waals surface area contributed by atoms with Crippen LogP contribution < -0.4 is 4.74 Å².